The van der Waals surface area contributed by atoms with Crippen molar-refractivity contribution in [3.8, 4) is 0 Å². The Morgan fingerprint density at radius 3 is 2.33 bits per heavy atom. The van der Waals surface area contributed by atoms with Gasteiger partial charge in [0.25, 0.3) is 0 Å². The molecule has 1 aromatic carbocycles. The maximum absolute atomic E-state index is 5.94. The summed E-state index contributed by atoms with van der Waals surface area (Å²) < 4.78 is 0. The van der Waals surface area contributed by atoms with E-state index in [1.807, 2.05) is 25.1 Å². The Kier molecular flexibility index (Phi) is 4.33. The Labute approximate surface area is 121 Å². The van der Waals surface area contributed by atoms with Gasteiger partial charge >= 0.3 is 0 Å². The molecule has 0 saturated carbocycles. The number of pyridine rings is 1. The zero-order chi connectivity index (χ0) is 13.1. The first kappa shape index (κ1) is 13.5. The van der Waals surface area contributed by atoms with Gasteiger partial charge in [-0.3, -0.25) is 0 Å². The summed E-state index contributed by atoms with van der Waals surface area (Å²) in [6.45, 7) is 2.60. The van der Waals surface area contributed by atoms with Crippen LogP contribution in [-0.4, -0.2) is 4.98 Å². The van der Waals surface area contributed by atoms with Gasteiger partial charge in [-0.25, -0.2) is 4.98 Å². The molecule has 0 fully saturated rings. The van der Waals surface area contributed by atoms with Gasteiger partial charge in [-0.15, -0.1) is 0 Å². The van der Waals surface area contributed by atoms with E-state index in [0.29, 0.717) is 21.7 Å². The second-order valence-corrected chi connectivity index (χ2v) is 5.21. The van der Waals surface area contributed by atoms with Gasteiger partial charge in [0.15, 0.2) is 0 Å². The summed E-state index contributed by atoms with van der Waals surface area (Å²) >= 11 is 17.7. The van der Waals surface area contributed by atoms with Crippen molar-refractivity contribution in [1.82, 2.24) is 4.98 Å². The summed E-state index contributed by atoms with van der Waals surface area (Å²) in [5, 5.41) is 5.02. The van der Waals surface area contributed by atoms with Crippen molar-refractivity contribution in [2.45, 2.75) is 13.5 Å². The summed E-state index contributed by atoms with van der Waals surface area (Å²) in [5.74, 6) is 0. The molecule has 2 nitrogen and oxygen atoms in total. The molecule has 94 valence electrons. The first-order valence-corrected chi connectivity index (χ1v) is 6.49. The molecule has 0 radical (unpaired) electrons. The van der Waals surface area contributed by atoms with Crippen molar-refractivity contribution < 1.29 is 0 Å². The molecule has 2 aromatic rings. The highest BCUT2D eigenvalue weighted by atomic mass is 35.5. The lowest BCUT2D eigenvalue weighted by atomic mass is 10.2. The number of hydrogen-bond acceptors (Lipinski definition) is 2. The minimum absolute atomic E-state index is 0.490. The van der Waals surface area contributed by atoms with Crippen LogP contribution in [0.15, 0.2) is 30.5 Å². The van der Waals surface area contributed by atoms with E-state index in [0.717, 1.165) is 16.8 Å². The van der Waals surface area contributed by atoms with Gasteiger partial charge in [-0.05, 0) is 42.3 Å². The molecule has 0 bridgehead atoms. The van der Waals surface area contributed by atoms with Gasteiger partial charge < -0.3 is 5.32 Å². The lowest BCUT2D eigenvalue weighted by Crippen LogP contribution is -2.01. The standard InChI is InChI=1S/C13H11Cl3N2/c1-8-2-13(16)18-7-12(8)17-6-9-3-10(14)5-11(15)4-9/h2-5,7,17H,6H2,1H3. The van der Waals surface area contributed by atoms with Crippen LogP contribution in [0.25, 0.3) is 0 Å². The zero-order valence-electron chi connectivity index (χ0n) is 9.67. The molecular weight excluding hydrogens is 291 g/mol. The van der Waals surface area contributed by atoms with Crippen molar-refractivity contribution in [3.63, 3.8) is 0 Å². The Hall–Kier alpha value is -0.960. The third-order valence-electron chi connectivity index (χ3n) is 2.48. The summed E-state index contributed by atoms with van der Waals surface area (Å²) in [5.41, 5.74) is 3.00. The highest BCUT2D eigenvalue weighted by molar-refractivity contribution is 6.34. The third kappa shape index (κ3) is 3.52. The molecule has 0 aliphatic heterocycles. The van der Waals surface area contributed by atoms with Crippen LogP contribution < -0.4 is 5.32 Å². The minimum Gasteiger partial charge on any atom is -0.380 e. The SMILES string of the molecule is Cc1cc(Cl)ncc1NCc1cc(Cl)cc(Cl)c1. The van der Waals surface area contributed by atoms with Crippen LogP contribution in [0.5, 0.6) is 0 Å². The Morgan fingerprint density at radius 1 is 1.06 bits per heavy atom. The van der Waals surface area contributed by atoms with E-state index in [2.05, 4.69) is 10.3 Å². The molecule has 0 spiro atoms. The first-order chi connectivity index (χ1) is 8.54. The number of benzene rings is 1. The van der Waals surface area contributed by atoms with Crippen LogP contribution in [0.3, 0.4) is 0 Å². The molecule has 0 aliphatic rings. The predicted octanol–water partition coefficient (Wildman–Crippen LogP) is 4.96. The number of nitrogens with zero attached hydrogens (tertiary/aromatic N) is 1. The van der Waals surface area contributed by atoms with Gasteiger partial charge in [0.2, 0.25) is 0 Å². The molecule has 18 heavy (non-hydrogen) atoms. The van der Waals surface area contributed by atoms with Gasteiger partial charge in [0.05, 0.1) is 11.9 Å². The van der Waals surface area contributed by atoms with E-state index >= 15 is 0 Å². The molecule has 1 aromatic heterocycles. The van der Waals surface area contributed by atoms with E-state index < -0.39 is 0 Å². The smallest absolute Gasteiger partial charge is 0.129 e. The van der Waals surface area contributed by atoms with Crippen molar-refractivity contribution in [3.05, 3.63) is 56.8 Å². The average molecular weight is 302 g/mol. The van der Waals surface area contributed by atoms with Crippen molar-refractivity contribution in [1.29, 1.82) is 0 Å². The summed E-state index contributed by atoms with van der Waals surface area (Å²) in [6.07, 6.45) is 1.71. The van der Waals surface area contributed by atoms with Crippen LogP contribution in [0.4, 0.5) is 5.69 Å². The number of rotatable bonds is 3. The quantitative estimate of drug-likeness (QED) is 0.810. The summed E-state index contributed by atoms with van der Waals surface area (Å²) in [4.78, 5) is 4.04. The van der Waals surface area contributed by atoms with E-state index in [1.165, 1.54) is 0 Å². The van der Waals surface area contributed by atoms with E-state index in [4.69, 9.17) is 34.8 Å². The Morgan fingerprint density at radius 2 is 1.72 bits per heavy atom. The molecule has 2 rings (SSSR count). The molecule has 1 heterocycles. The molecule has 0 amide bonds. The normalized spacial score (nSPS) is 10.4. The fourth-order valence-electron chi connectivity index (χ4n) is 1.62. The average Bonchev–Trinajstić information content (AvgIpc) is 2.26. The highest BCUT2D eigenvalue weighted by Gasteiger charge is 2.02. The Balaban J connectivity index is 2.11. The van der Waals surface area contributed by atoms with Crippen molar-refractivity contribution >= 4 is 40.5 Å². The van der Waals surface area contributed by atoms with E-state index in [-0.39, 0.29) is 0 Å². The van der Waals surface area contributed by atoms with Crippen LogP contribution in [0.2, 0.25) is 15.2 Å². The monoisotopic (exact) mass is 300 g/mol. The number of halogens is 3. The van der Waals surface area contributed by atoms with E-state index in [1.54, 1.807) is 12.3 Å². The number of anilines is 1. The summed E-state index contributed by atoms with van der Waals surface area (Å²) in [6, 6.07) is 7.27. The second-order valence-electron chi connectivity index (χ2n) is 3.95. The van der Waals surface area contributed by atoms with Crippen LogP contribution in [0, 0.1) is 6.92 Å². The lowest BCUT2D eigenvalue weighted by Gasteiger charge is -2.10. The zero-order valence-corrected chi connectivity index (χ0v) is 11.9. The molecule has 0 atom stereocenters. The number of nitrogens with one attached hydrogen (secondary N) is 1. The largest absolute Gasteiger partial charge is 0.380 e. The fraction of sp³-hybridized carbons (Fsp3) is 0.154. The van der Waals surface area contributed by atoms with Crippen LogP contribution in [-0.2, 0) is 6.54 Å². The van der Waals surface area contributed by atoms with Gasteiger partial charge in [-0.2, -0.15) is 0 Å². The topological polar surface area (TPSA) is 24.9 Å². The maximum Gasteiger partial charge on any atom is 0.129 e. The Bertz CT molecular complexity index is 550. The number of aryl methyl sites for hydroxylation is 1. The molecule has 0 saturated heterocycles. The number of aromatic nitrogens is 1. The van der Waals surface area contributed by atoms with Gasteiger partial charge in [-0.1, -0.05) is 34.8 Å². The number of hydrogen-bond donors (Lipinski definition) is 1. The molecule has 1 N–H and O–H groups in total. The maximum atomic E-state index is 5.94. The van der Waals surface area contributed by atoms with Crippen LogP contribution >= 0.6 is 34.8 Å². The van der Waals surface area contributed by atoms with Crippen molar-refractivity contribution in [2.24, 2.45) is 0 Å². The fourth-order valence-corrected chi connectivity index (χ4v) is 2.40. The molecule has 0 unspecified atom stereocenters. The lowest BCUT2D eigenvalue weighted by molar-refractivity contribution is 1.12. The highest BCUT2D eigenvalue weighted by Crippen LogP contribution is 2.21. The molecule has 0 aliphatic carbocycles. The van der Waals surface area contributed by atoms with Crippen LogP contribution in [0.1, 0.15) is 11.1 Å². The molecule has 5 heteroatoms. The first-order valence-electron chi connectivity index (χ1n) is 5.35. The summed E-state index contributed by atoms with van der Waals surface area (Å²) in [7, 11) is 0. The second kappa shape index (κ2) is 5.79. The van der Waals surface area contributed by atoms with Crippen molar-refractivity contribution in [2.75, 3.05) is 5.32 Å². The minimum atomic E-state index is 0.490. The van der Waals surface area contributed by atoms with Gasteiger partial charge in [0, 0.05) is 16.6 Å². The molecular formula is C13H11Cl3N2. The van der Waals surface area contributed by atoms with E-state index in [9.17, 15) is 0 Å². The third-order valence-corrected chi connectivity index (χ3v) is 3.13. The predicted molar refractivity (Wildman–Crippen MR) is 77.8 cm³/mol. The van der Waals surface area contributed by atoms with Gasteiger partial charge in [0.1, 0.15) is 5.15 Å².